The molecular formula is C22H43N3. The van der Waals surface area contributed by atoms with Crippen LogP contribution in [0.5, 0.6) is 0 Å². The average molecular weight is 350 g/mol. The van der Waals surface area contributed by atoms with Crippen molar-refractivity contribution in [2.24, 2.45) is 11.3 Å². The fourth-order valence-corrected chi connectivity index (χ4v) is 5.28. The van der Waals surface area contributed by atoms with E-state index in [0.717, 1.165) is 5.92 Å². The van der Waals surface area contributed by atoms with Crippen molar-refractivity contribution >= 4 is 0 Å². The molecule has 3 rings (SSSR count). The van der Waals surface area contributed by atoms with Gasteiger partial charge in [-0.3, -0.25) is 9.80 Å². The molecule has 3 heteroatoms. The van der Waals surface area contributed by atoms with Gasteiger partial charge in [-0.15, -0.1) is 0 Å². The van der Waals surface area contributed by atoms with E-state index in [0.29, 0.717) is 16.5 Å². The summed E-state index contributed by atoms with van der Waals surface area (Å²) in [4.78, 5) is 8.20. The highest BCUT2D eigenvalue weighted by Crippen LogP contribution is 2.42. The molecule has 0 N–H and O–H groups in total. The van der Waals surface area contributed by atoms with E-state index in [1.165, 1.54) is 77.9 Å². The Bertz CT molecular complexity index is 429. The highest BCUT2D eigenvalue weighted by molar-refractivity contribution is 4.97. The first-order valence-electron chi connectivity index (χ1n) is 10.8. The molecule has 25 heavy (non-hydrogen) atoms. The van der Waals surface area contributed by atoms with Gasteiger partial charge in [-0.1, -0.05) is 0 Å². The quantitative estimate of drug-likeness (QED) is 0.743. The molecule has 0 aromatic rings. The molecule has 0 aromatic carbocycles. The Kier molecular flexibility index (Phi) is 5.60. The second kappa shape index (κ2) is 7.13. The molecule has 3 saturated heterocycles. The summed E-state index contributed by atoms with van der Waals surface area (Å²) in [5.41, 5.74) is 1.34. The van der Waals surface area contributed by atoms with Gasteiger partial charge in [-0.2, -0.15) is 0 Å². The summed E-state index contributed by atoms with van der Waals surface area (Å²) in [6.07, 6.45) is 7.09. The van der Waals surface area contributed by atoms with Gasteiger partial charge in [0.15, 0.2) is 0 Å². The van der Waals surface area contributed by atoms with Gasteiger partial charge in [-0.25, -0.2) is 0 Å². The van der Waals surface area contributed by atoms with E-state index in [9.17, 15) is 0 Å². The first-order valence-corrected chi connectivity index (χ1v) is 10.8. The minimum Gasteiger partial charge on any atom is -0.303 e. The second-order valence-corrected chi connectivity index (χ2v) is 11.2. The molecule has 0 aromatic heterocycles. The van der Waals surface area contributed by atoms with Crippen LogP contribution in [-0.2, 0) is 0 Å². The Balaban J connectivity index is 1.42. The third-order valence-electron chi connectivity index (χ3n) is 7.38. The van der Waals surface area contributed by atoms with E-state index >= 15 is 0 Å². The summed E-state index contributed by atoms with van der Waals surface area (Å²) in [6.45, 7) is 23.5. The summed E-state index contributed by atoms with van der Waals surface area (Å²) in [5.74, 6) is 0.933. The Morgan fingerprint density at radius 3 is 1.72 bits per heavy atom. The van der Waals surface area contributed by atoms with Gasteiger partial charge in [-0.05, 0) is 118 Å². The first-order chi connectivity index (χ1) is 11.6. The zero-order valence-electron chi connectivity index (χ0n) is 17.9. The number of hydrogen-bond donors (Lipinski definition) is 0. The topological polar surface area (TPSA) is 9.72 Å². The molecule has 3 heterocycles. The minimum absolute atomic E-state index is 0.349. The van der Waals surface area contributed by atoms with E-state index < -0.39 is 0 Å². The fraction of sp³-hybridized carbons (Fsp3) is 1.00. The van der Waals surface area contributed by atoms with Crippen LogP contribution in [0.3, 0.4) is 0 Å². The third kappa shape index (κ3) is 4.78. The van der Waals surface area contributed by atoms with Crippen LogP contribution in [0.4, 0.5) is 0 Å². The van der Waals surface area contributed by atoms with Gasteiger partial charge < -0.3 is 4.90 Å². The van der Waals surface area contributed by atoms with Crippen LogP contribution in [0.25, 0.3) is 0 Å². The zero-order valence-corrected chi connectivity index (χ0v) is 17.9. The van der Waals surface area contributed by atoms with Crippen LogP contribution in [0, 0.1) is 11.3 Å². The summed E-state index contributed by atoms with van der Waals surface area (Å²) in [6, 6.07) is 0. The van der Waals surface area contributed by atoms with Gasteiger partial charge in [0.2, 0.25) is 0 Å². The monoisotopic (exact) mass is 349 g/mol. The fourth-order valence-electron chi connectivity index (χ4n) is 5.28. The largest absolute Gasteiger partial charge is 0.303 e. The normalized spacial score (nSPS) is 28.1. The van der Waals surface area contributed by atoms with Crippen LogP contribution in [0.15, 0.2) is 0 Å². The second-order valence-electron chi connectivity index (χ2n) is 11.2. The summed E-state index contributed by atoms with van der Waals surface area (Å²) >= 11 is 0. The van der Waals surface area contributed by atoms with E-state index in [2.05, 4.69) is 56.2 Å². The van der Waals surface area contributed by atoms with Crippen molar-refractivity contribution in [2.75, 3.05) is 45.8 Å². The number of nitrogens with zero attached hydrogens (tertiary/aromatic N) is 3. The minimum atomic E-state index is 0.349. The average Bonchev–Trinajstić information content (AvgIpc) is 2.94. The van der Waals surface area contributed by atoms with Crippen LogP contribution in [-0.4, -0.2) is 71.6 Å². The van der Waals surface area contributed by atoms with Crippen LogP contribution >= 0.6 is 0 Å². The van der Waals surface area contributed by atoms with Gasteiger partial charge >= 0.3 is 0 Å². The number of hydrogen-bond acceptors (Lipinski definition) is 3. The number of likely N-dealkylation sites (tertiary alicyclic amines) is 3. The molecule has 0 radical (unpaired) electrons. The van der Waals surface area contributed by atoms with E-state index in [1.807, 2.05) is 0 Å². The zero-order chi connectivity index (χ0) is 18.3. The van der Waals surface area contributed by atoms with Crippen molar-refractivity contribution in [3.05, 3.63) is 0 Å². The Morgan fingerprint density at radius 1 is 0.720 bits per heavy atom. The summed E-state index contributed by atoms with van der Waals surface area (Å²) < 4.78 is 0. The van der Waals surface area contributed by atoms with E-state index in [1.54, 1.807) is 0 Å². The van der Waals surface area contributed by atoms with Crippen molar-refractivity contribution in [3.63, 3.8) is 0 Å². The summed E-state index contributed by atoms with van der Waals surface area (Å²) in [5, 5.41) is 0. The maximum Gasteiger partial charge on any atom is 0.0125 e. The SMILES string of the molecule is CC(C)(C)N1CCC(CN2CCC3(CC2)CCN(C(C)(C)C)C3)CC1. The van der Waals surface area contributed by atoms with Gasteiger partial charge in [0.1, 0.15) is 0 Å². The molecule has 0 bridgehead atoms. The predicted octanol–water partition coefficient (Wildman–Crippen LogP) is 4.08. The lowest BCUT2D eigenvalue weighted by Crippen LogP contribution is -2.49. The van der Waals surface area contributed by atoms with Crippen LogP contribution in [0.1, 0.15) is 73.6 Å². The molecule has 1 spiro atoms. The molecule has 3 nitrogen and oxygen atoms in total. The molecule has 3 aliphatic rings. The molecule has 0 atom stereocenters. The maximum atomic E-state index is 2.79. The van der Waals surface area contributed by atoms with Gasteiger partial charge in [0.05, 0.1) is 0 Å². The molecular weight excluding hydrogens is 306 g/mol. The molecule has 0 amide bonds. The van der Waals surface area contributed by atoms with Crippen molar-refractivity contribution in [3.8, 4) is 0 Å². The van der Waals surface area contributed by atoms with Crippen molar-refractivity contribution < 1.29 is 0 Å². The van der Waals surface area contributed by atoms with Crippen LogP contribution in [0.2, 0.25) is 0 Å². The highest BCUT2D eigenvalue weighted by Gasteiger charge is 2.43. The first kappa shape index (κ1) is 19.6. The molecule has 0 aliphatic carbocycles. The summed E-state index contributed by atoms with van der Waals surface area (Å²) in [7, 11) is 0. The van der Waals surface area contributed by atoms with Crippen LogP contribution < -0.4 is 0 Å². The maximum absolute atomic E-state index is 2.79. The molecule has 3 aliphatic heterocycles. The molecule has 146 valence electrons. The van der Waals surface area contributed by atoms with Gasteiger partial charge in [0, 0.05) is 24.2 Å². The molecule has 3 fully saturated rings. The third-order valence-corrected chi connectivity index (χ3v) is 7.38. The highest BCUT2D eigenvalue weighted by atomic mass is 15.2. The Morgan fingerprint density at radius 2 is 1.24 bits per heavy atom. The molecule has 0 saturated carbocycles. The van der Waals surface area contributed by atoms with E-state index in [4.69, 9.17) is 0 Å². The standard InChI is InChI=1S/C22H43N3/c1-20(2,3)24-12-7-19(8-13-24)17-23-14-9-22(10-15-23)11-16-25(18-22)21(4,5)6/h19H,7-18H2,1-6H3. The lowest BCUT2D eigenvalue weighted by Gasteiger charge is -2.44. The van der Waals surface area contributed by atoms with Crippen molar-refractivity contribution in [1.29, 1.82) is 0 Å². The molecule has 0 unspecified atom stereocenters. The van der Waals surface area contributed by atoms with Crippen molar-refractivity contribution in [1.82, 2.24) is 14.7 Å². The van der Waals surface area contributed by atoms with E-state index in [-0.39, 0.29) is 0 Å². The predicted molar refractivity (Wildman–Crippen MR) is 108 cm³/mol. The lowest BCUT2D eigenvalue weighted by molar-refractivity contribution is 0.0510. The lowest BCUT2D eigenvalue weighted by atomic mass is 9.77. The van der Waals surface area contributed by atoms with Crippen molar-refractivity contribution in [2.45, 2.75) is 84.7 Å². The smallest absolute Gasteiger partial charge is 0.0125 e. The number of rotatable bonds is 2. The van der Waals surface area contributed by atoms with Gasteiger partial charge in [0.25, 0.3) is 0 Å². The Labute approximate surface area is 157 Å². The number of piperidine rings is 2. The Hall–Kier alpha value is -0.120.